The van der Waals surface area contributed by atoms with Crippen molar-refractivity contribution < 1.29 is 22.9 Å². The maximum absolute atomic E-state index is 11.6. The van der Waals surface area contributed by atoms with Crippen LogP contribution in [0, 0.1) is 0 Å². The van der Waals surface area contributed by atoms with E-state index in [-0.39, 0.29) is 17.3 Å². The van der Waals surface area contributed by atoms with E-state index in [4.69, 9.17) is 13.6 Å². The van der Waals surface area contributed by atoms with Crippen molar-refractivity contribution >= 4 is 13.6 Å². The smallest absolute Gasteiger partial charge is 0.396 e. The van der Waals surface area contributed by atoms with Gasteiger partial charge in [-0.05, 0) is 20.8 Å². The molecule has 1 saturated heterocycles. The number of fused-ring (bicyclic) bond motifs is 2. The summed E-state index contributed by atoms with van der Waals surface area (Å²) in [5, 5.41) is 0. The van der Waals surface area contributed by atoms with Crippen LogP contribution in [0.25, 0.3) is 0 Å². The largest absolute Gasteiger partial charge is 0.588 e. The third-order valence-electron chi connectivity index (χ3n) is 1.86. The molecule has 0 aromatic rings. The van der Waals surface area contributed by atoms with E-state index < -0.39 is 13.4 Å². The Balaban J connectivity index is 2.52. The molecule has 0 aliphatic carbocycles. The van der Waals surface area contributed by atoms with Gasteiger partial charge in [0.15, 0.2) is 5.76 Å². The molecule has 0 spiro atoms. The lowest BCUT2D eigenvalue weighted by Crippen LogP contribution is -2.38. The van der Waals surface area contributed by atoms with Crippen molar-refractivity contribution in [3.8, 4) is 0 Å². The van der Waals surface area contributed by atoms with E-state index in [0.29, 0.717) is 0 Å². The van der Waals surface area contributed by atoms with Crippen molar-refractivity contribution in [2.24, 2.45) is 0 Å². The van der Waals surface area contributed by atoms with Crippen LogP contribution in [0.3, 0.4) is 0 Å². The zero-order chi connectivity index (χ0) is 9.85. The zero-order valence-electron chi connectivity index (χ0n) is 7.49. The molecule has 0 radical (unpaired) electrons. The Kier molecular flexibility index (Phi) is 1.46. The minimum absolute atomic E-state index is 0.0274. The van der Waals surface area contributed by atoms with E-state index in [1.165, 1.54) is 20.8 Å². The highest BCUT2D eigenvalue weighted by atomic mass is 31.2. The third kappa shape index (κ3) is 1.11. The van der Waals surface area contributed by atoms with Crippen molar-refractivity contribution in [2.45, 2.75) is 26.4 Å². The van der Waals surface area contributed by atoms with Crippen LogP contribution in [0.5, 0.6) is 0 Å². The summed E-state index contributed by atoms with van der Waals surface area (Å²) in [7, 11) is -3.53. The Hall–Kier alpha value is -0.800. The predicted molar refractivity (Wildman–Crippen MR) is 42.6 cm³/mol. The van der Waals surface area contributed by atoms with Crippen LogP contribution in [0.15, 0.2) is 11.5 Å². The number of phosphoric ester groups is 1. The van der Waals surface area contributed by atoms with E-state index in [1.807, 2.05) is 0 Å². The van der Waals surface area contributed by atoms with E-state index in [0.717, 1.165) is 0 Å². The fourth-order valence-electron chi connectivity index (χ4n) is 1.24. The fourth-order valence-corrected chi connectivity index (χ4v) is 2.84. The molecule has 2 rings (SSSR count). The first-order chi connectivity index (χ1) is 5.84. The van der Waals surface area contributed by atoms with E-state index in [2.05, 4.69) is 0 Å². The summed E-state index contributed by atoms with van der Waals surface area (Å²) in [6, 6.07) is 0. The Labute approximate surface area is 75.3 Å². The molecule has 1 unspecified atom stereocenters. The van der Waals surface area contributed by atoms with Crippen LogP contribution in [-0.4, -0.2) is 11.4 Å². The second kappa shape index (κ2) is 2.16. The van der Waals surface area contributed by atoms with Gasteiger partial charge in [-0.1, -0.05) is 0 Å². The summed E-state index contributed by atoms with van der Waals surface area (Å²) in [6.07, 6.45) is 0. The van der Waals surface area contributed by atoms with E-state index >= 15 is 0 Å². The van der Waals surface area contributed by atoms with Gasteiger partial charge in [0.05, 0.1) is 0 Å². The van der Waals surface area contributed by atoms with Gasteiger partial charge in [0, 0.05) is 0 Å². The van der Waals surface area contributed by atoms with Crippen molar-refractivity contribution in [2.75, 3.05) is 0 Å². The average Bonchev–Trinajstić information content (AvgIpc) is 2.19. The first-order valence-corrected chi connectivity index (χ1v) is 5.26. The summed E-state index contributed by atoms with van der Waals surface area (Å²) in [5.41, 5.74) is -1.12. The molecule has 0 N–H and O–H groups in total. The molecule has 0 aromatic carbocycles. The number of ketones is 1. The average molecular weight is 204 g/mol. The molecule has 2 aliphatic rings. The molecule has 6 heteroatoms. The number of hydrogen-bond acceptors (Lipinski definition) is 5. The summed E-state index contributed by atoms with van der Waals surface area (Å²) in [5.74, 6) is -0.0764. The van der Waals surface area contributed by atoms with E-state index in [9.17, 15) is 9.36 Å². The minimum Gasteiger partial charge on any atom is -0.396 e. The lowest BCUT2D eigenvalue weighted by molar-refractivity contribution is -0.134. The summed E-state index contributed by atoms with van der Waals surface area (Å²) in [6.45, 7) is 4.59. The number of phosphoric acid groups is 1. The molecule has 2 aliphatic heterocycles. The molecule has 2 bridgehead atoms. The number of hydrogen-bond donors (Lipinski definition) is 0. The maximum atomic E-state index is 11.6. The SMILES string of the molecule is CC1=C2OP(=O)(O1)OC(C)(C)C2=O. The van der Waals surface area contributed by atoms with Crippen LogP contribution in [0.2, 0.25) is 0 Å². The highest BCUT2D eigenvalue weighted by Gasteiger charge is 2.55. The second-order valence-corrected chi connectivity index (χ2v) is 4.89. The molecule has 0 saturated carbocycles. The maximum Gasteiger partial charge on any atom is 0.588 e. The number of allylic oxidation sites excluding steroid dienone is 1. The number of carbonyl (C=O) groups is 1. The first-order valence-electron chi connectivity index (χ1n) is 3.80. The predicted octanol–water partition coefficient (Wildman–Crippen LogP) is 1.75. The third-order valence-corrected chi connectivity index (χ3v) is 3.45. The quantitative estimate of drug-likeness (QED) is 0.562. The van der Waals surface area contributed by atoms with Crippen LogP contribution in [0.4, 0.5) is 0 Å². The Bertz CT molecular complexity index is 367. The molecular formula is C7H9O5P. The molecular weight excluding hydrogens is 195 g/mol. The number of rotatable bonds is 0. The Morgan fingerprint density at radius 2 is 1.92 bits per heavy atom. The van der Waals surface area contributed by atoms with Crippen molar-refractivity contribution in [1.29, 1.82) is 0 Å². The first kappa shape index (κ1) is 8.78. The minimum atomic E-state index is -3.53. The molecule has 1 atom stereocenters. The van der Waals surface area contributed by atoms with Gasteiger partial charge in [-0.2, -0.15) is 0 Å². The topological polar surface area (TPSA) is 61.8 Å². The fraction of sp³-hybridized carbons (Fsp3) is 0.571. The molecule has 72 valence electrons. The van der Waals surface area contributed by atoms with E-state index in [1.54, 1.807) is 0 Å². The Morgan fingerprint density at radius 3 is 2.54 bits per heavy atom. The molecule has 13 heavy (non-hydrogen) atoms. The van der Waals surface area contributed by atoms with Gasteiger partial charge in [0.2, 0.25) is 11.5 Å². The van der Waals surface area contributed by atoms with Gasteiger partial charge < -0.3 is 9.05 Å². The molecule has 0 amide bonds. The lowest BCUT2D eigenvalue weighted by atomic mass is 10.0. The summed E-state index contributed by atoms with van der Waals surface area (Å²) >= 11 is 0. The van der Waals surface area contributed by atoms with Gasteiger partial charge in [-0.25, -0.2) is 4.57 Å². The molecule has 1 fully saturated rings. The van der Waals surface area contributed by atoms with Gasteiger partial charge in [0.1, 0.15) is 5.60 Å². The normalized spacial score (nSPS) is 35.8. The lowest BCUT2D eigenvalue weighted by Gasteiger charge is -2.28. The summed E-state index contributed by atoms with van der Waals surface area (Å²) < 4.78 is 26.1. The number of carbonyl (C=O) groups excluding carboxylic acids is 1. The zero-order valence-corrected chi connectivity index (χ0v) is 8.38. The van der Waals surface area contributed by atoms with Crippen molar-refractivity contribution in [3.63, 3.8) is 0 Å². The standard InChI is InChI=1S/C7H9O5P/c1-4-5-6(8)7(2,3)12-13(9,10-4)11-5/h1-3H3. The van der Waals surface area contributed by atoms with Gasteiger partial charge in [-0.3, -0.25) is 9.32 Å². The monoisotopic (exact) mass is 204 g/mol. The van der Waals surface area contributed by atoms with Crippen LogP contribution < -0.4 is 0 Å². The van der Waals surface area contributed by atoms with Crippen molar-refractivity contribution in [3.05, 3.63) is 11.5 Å². The van der Waals surface area contributed by atoms with Gasteiger partial charge >= 0.3 is 7.82 Å². The van der Waals surface area contributed by atoms with Crippen LogP contribution >= 0.6 is 7.82 Å². The highest BCUT2D eigenvalue weighted by Crippen LogP contribution is 2.64. The second-order valence-electron chi connectivity index (χ2n) is 3.45. The van der Waals surface area contributed by atoms with Crippen LogP contribution in [-0.2, 0) is 22.9 Å². The summed E-state index contributed by atoms with van der Waals surface area (Å²) in [4.78, 5) is 11.5. The molecule has 0 aromatic heterocycles. The van der Waals surface area contributed by atoms with Gasteiger partial charge in [-0.15, -0.1) is 0 Å². The highest BCUT2D eigenvalue weighted by molar-refractivity contribution is 7.49. The Morgan fingerprint density at radius 1 is 1.31 bits per heavy atom. The van der Waals surface area contributed by atoms with Gasteiger partial charge in [0.25, 0.3) is 0 Å². The van der Waals surface area contributed by atoms with Crippen LogP contribution in [0.1, 0.15) is 20.8 Å². The number of Topliss-reactive ketones (excluding diaryl/α,β-unsaturated/α-hetero) is 1. The molecule has 5 nitrogen and oxygen atoms in total. The molecule has 2 heterocycles. The van der Waals surface area contributed by atoms with Crippen molar-refractivity contribution in [1.82, 2.24) is 0 Å².